The Labute approximate surface area is 112 Å². The summed E-state index contributed by atoms with van der Waals surface area (Å²) < 4.78 is 5.89. The second-order valence-corrected chi connectivity index (χ2v) is 4.78. The van der Waals surface area contributed by atoms with Crippen LogP contribution >= 0.6 is 0 Å². The number of hydrogen-bond donors (Lipinski definition) is 1. The van der Waals surface area contributed by atoms with E-state index in [1.807, 2.05) is 0 Å². The molecule has 18 heavy (non-hydrogen) atoms. The van der Waals surface area contributed by atoms with Crippen LogP contribution in [0.2, 0.25) is 0 Å². The van der Waals surface area contributed by atoms with E-state index < -0.39 is 0 Å². The normalized spacial score (nSPS) is 12.6. The van der Waals surface area contributed by atoms with Crippen molar-refractivity contribution >= 4 is 0 Å². The van der Waals surface area contributed by atoms with Crippen molar-refractivity contribution < 1.29 is 4.74 Å². The van der Waals surface area contributed by atoms with Gasteiger partial charge in [0.2, 0.25) is 0 Å². The minimum Gasteiger partial charge on any atom is -0.374 e. The Morgan fingerprint density at radius 3 is 2.56 bits per heavy atom. The molecule has 0 heterocycles. The average molecular weight is 249 g/mol. The molecule has 0 aliphatic rings. The van der Waals surface area contributed by atoms with Gasteiger partial charge < -0.3 is 10.1 Å². The zero-order valence-electron chi connectivity index (χ0n) is 12.0. The first kappa shape index (κ1) is 15.2. The Morgan fingerprint density at radius 2 is 1.89 bits per heavy atom. The minimum absolute atomic E-state index is 0.358. The Bertz CT molecular complexity index is 325. The molecule has 1 atom stereocenters. The molecule has 0 aliphatic heterocycles. The first-order valence-electron chi connectivity index (χ1n) is 7.17. The second kappa shape index (κ2) is 9.12. The molecule has 2 heteroatoms. The van der Waals surface area contributed by atoms with Gasteiger partial charge in [0.15, 0.2) is 0 Å². The van der Waals surface area contributed by atoms with Gasteiger partial charge in [0, 0.05) is 0 Å². The highest BCUT2D eigenvalue weighted by molar-refractivity contribution is 5.26. The second-order valence-electron chi connectivity index (χ2n) is 4.78. The lowest BCUT2D eigenvalue weighted by molar-refractivity contribution is 0.0468. The summed E-state index contributed by atoms with van der Waals surface area (Å²) in [5, 5.41) is 3.37. The highest BCUT2D eigenvalue weighted by Gasteiger charge is 2.05. The molecular weight excluding hydrogens is 222 g/mol. The van der Waals surface area contributed by atoms with Crippen LogP contribution in [0.5, 0.6) is 0 Å². The van der Waals surface area contributed by atoms with E-state index in [4.69, 9.17) is 4.74 Å². The zero-order valence-corrected chi connectivity index (χ0v) is 12.0. The first-order valence-corrected chi connectivity index (χ1v) is 7.17. The number of hydrogen-bond acceptors (Lipinski definition) is 2. The summed E-state index contributed by atoms with van der Waals surface area (Å²) >= 11 is 0. The van der Waals surface area contributed by atoms with E-state index in [0.29, 0.717) is 6.10 Å². The van der Waals surface area contributed by atoms with Crippen LogP contribution in [0.3, 0.4) is 0 Å². The van der Waals surface area contributed by atoms with E-state index in [2.05, 4.69) is 50.4 Å². The molecule has 0 amide bonds. The topological polar surface area (TPSA) is 21.3 Å². The molecule has 0 spiro atoms. The molecule has 1 rings (SSSR count). The molecule has 1 unspecified atom stereocenters. The maximum absolute atomic E-state index is 5.89. The quantitative estimate of drug-likeness (QED) is 0.676. The molecule has 2 nitrogen and oxygen atoms in total. The fourth-order valence-corrected chi connectivity index (χ4v) is 2.06. The fourth-order valence-electron chi connectivity index (χ4n) is 2.06. The van der Waals surface area contributed by atoms with Gasteiger partial charge >= 0.3 is 0 Å². The van der Waals surface area contributed by atoms with Gasteiger partial charge in [-0.25, -0.2) is 0 Å². The van der Waals surface area contributed by atoms with E-state index in [1.165, 1.54) is 17.5 Å². The summed E-state index contributed by atoms with van der Waals surface area (Å²) in [6.45, 7) is 9.31. The van der Waals surface area contributed by atoms with E-state index in [-0.39, 0.29) is 0 Å². The van der Waals surface area contributed by atoms with Crippen LogP contribution in [0.25, 0.3) is 0 Å². The third-order valence-electron chi connectivity index (χ3n) is 3.16. The van der Waals surface area contributed by atoms with Crippen molar-refractivity contribution in [3.05, 3.63) is 35.4 Å². The summed E-state index contributed by atoms with van der Waals surface area (Å²) in [6, 6.07) is 8.60. The van der Waals surface area contributed by atoms with Crippen LogP contribution in [0.1, 0.15) is 44.7 Å². The lowest BCUT2D eigenvalue weighted by Crippen LogP contribution is -2.17. The summed E-state index contributed by atoms with van der Waals surface area (Å²) in [5.41, 5.74) is 2.74. The number of ether oxygens (including phenoxy) is 1. The highest BCUT2D eigenvalue weighted by Crippen LogP contribution is 2.13. The van der Waals surface area contributed by atoms with Crippen LogP contribution in [0.15, 0.2) is 24.3 Å². The number of nitrogens with one attached hydrogen (secondary N) is 1. The third-order valence-corrected chi connectivity index (χ3v) is 3.16. The lowest BCUT2D eigenvalue weighted by Gasteiger charge is -2.14. The molecule has 0 bridgehead atoms. The predicted octanol–water partition coefficient (Wildman–Crippen LogP) is 3.54. The molecule has 0 radical (unpaired) electrons. The molecule has 0 fully saturated rings. The lowest BCUT2D eigenvalue weighted by atomic mass is 10.1. The summed E-state index contributed by atoms with van der Waals surface area (Å²) in [5.74, 6) is 0. The minimum atomic E-state index is 0.358. The Morgan fingerprint density at radius 1 is 1.17 bits per heavy atom. The average Bonchev–Trinajstić information content (AvgIpc) is 2.38. The van der Waals surface area contributed by atoms with Crippen LogP contribution in [0.4, 0.5) is 0 Å². The number of likely N-dealkylation sites (N-methyl/N-ethyl adjacent to an activating group) is 1. The molecular formula is C16H27NO. The van der Waals surface area contributed by atoms with Gasteiger partial charge in [0.25, 0.3) is 0 Å². The van der Waals surface area contributed by atoms with Gasteiger partial charge in [-0.3, -0.25) is 0 Å². The monoisotopic (exact) mass is 249 g/mol. The van der Waals surface area contributed by atoms with E-state index in [1.54, 1.807) is 0 Å². The molecule has 0 saturated heterocycles. The van der Waals surface area contributed by atoms with Crippen molar-refractivity contribution in [2.75, 3.05) is 13.1 Å². The largest absolute Gasteiger partial charge is 0.374 e. The van der Waals surface area contributed by atoms with Crippen molar-refractivity contribution in [3.63, 3.8) is 0 Å². The third kappa shape index (κ3) is 5.65. The van der Waals surface area contributed by atoms with Crippen molar-refractivity contribution in [2.45, 2.75) is 52.7 Å². The predicted molar refractivity (Wildman–Crippen MR) is 77.8 cm³/mol. The Hall–Kier alpha value is -0.860. The fraction of sp³-hybridized carbons (Fsp3) is 0.625. The Balaban J connectivity index is 2.48. The van der Waals surface area contributed by atoms with Crippen molar-refractivity contribution in [1.82, 2.24) is 5.32 Å². The number of benzene rings is 1. The van der Waals surface area contributed by atoms with Crippen LogP contribution < -0.4 is 5.32 Å². The maximum Gasteiger partial charge on any atom is 0.0723 e. The van der Waals surface area contributed by atoms with Gasteiger partial charge in [-0.2, -0.15) is 0 Å². The molecule has 1 aromatic carbocycles. The molecule has 0 aliphatic carbocycles. The van der Waals surface area contributed by atoms with E-state index in [0.717, 1.165) is 32.5 Å². The molecule has 1 aromatic rings. The molecule has 0 saturated carbocycles. The summed E-state index contributed by atoms with van der Waals surface area (Å²) in [6.07, 6.45) is 3.76. The summed E-state index contributed by atoms with van der Waals surface area (Å²) in [7, 11) is 0. The van der Waals surface area contributed by atoms with Crippen molar-refractivity contribution in [2.24, 2.45) is 0 Å². The van der Waals surface area contributed by atoms with Crippen molar-refractivity contribution in [3.8, 4) is 0 Å². The van der Waals surface area contributed by atoms with Gasteiger partial charge in [-0.15, -0.1) is 0 Å². The molecule has 102 valence electrons. The maximum atomic E-state index is 5.89. The van der Waals surface area contributed by atoms with Crippen molar-refractivity contribution in [1.29, 1.82) is 0 Å². The van der Waals surface area contributed by atoms with Crippen LogP contribution in [-0.4, -0.2) is 19.2 Å². The van der Waals surface area contributed by atoms with E-state index in [9.17, 15) is 0 Å². The SMILES string of the molecule is CCCC(C)OCc1ccccc1CCNCC. The van der Waals surface area contributed by atoms with Gasteiger partial charge in [-0.05, 0) is 44.0 Å². The first-order chi connectivity index (χ1) is 8.77. The van der Waals surface area contributed by atoms with Gasteiger partial charge in [0.05, 0.1) is 12.7 Å². The zero-order chi connectivity index (χ0) is 13.2. The highest BCUT2D eigenvalue weighted by atomic mass is 16.5. The Kier molecular flexibility index (Phi) is 7.70. The summed E-state index contributed by atoms with van der Waals surface area (Å²) in [4.78, 5) is 0. The van der Waals surface area contributed by atoms with Crippen LogP contribution in [0, 0.1) is 0 Å². The molecule has 1 N–H and O–H groups in total. The van der Waals surface area contributed by atoms with E-state index >= 15 is 0 Å². The number of rotatable bonds is 9. The van der Waals surface area contributed by atoms with Gasteiger partial charge in [0.1, 0.15) is 0 Å². The van der Waals surface area contributed by atoms with Crippen LogP contribution in [-0.2, 0) is 17.8 Å². The smallest absolute Gasteiger partial charge is 0.0723 e. The molecule has 0 aromatic heterocycles. The van der Waals surface area contributed by atoms with Gasteiger partial charge in [-0.1, -0.05) is 44.5 Å². The standard InChI is InChI=1S/C16H27NO/c1-4-8-14(3)18-13-16-10-7-6-9-15(16)11-12-17-5-2/h6-7,9-10,14,17H,4-5,8,11-13H2,1-3H3.